The van der Waals surface area contributed by atoms with Crippen molar-refractivity contribution >= 4 is 5.91 Å². The van der Waals surface area contributed by atoms with E-state index in [2.05, 4.69) is 27.6 Å². The molecule has 1 aromatic carbocycles. The molecule has 5 rings (SSSR count). The van der Waals surface area contributed by atoms with Crippen molar-refractivity contribution in [1.29, 1.82) is 0 Å². The molecule has 112 valence electrons. The first-order valence-corrected chi connectivity index (χ1v) is 7.93. The number of aromatic nitrogens is 2. The molecule has 2 bridgehead atoms. The topological polar surface area (TPSA) is 68.0 Å². The first-order valence-electron chi connectivity index (χ1n) is 7.93. The van der Waals surface area contributed by atoms with Gasteiger partial charge in [0.1, 0.15) is 5.54 Å². The fraction of sp³-hybridized carbons (Fsp3) is 0.471. The van der Waals surface area contributed by atoms with Crippen molar-refractivity contribution in [2.24, 2.45) is 17.8 Å². The molecule has 1 saturated heterocycles. The number of nitrogens with one attached hydrogen (secondary N) is 1. The molecule has 1 aliphatic heterocycles. The highest BCUT2D eigenvalue weighted by molar-refractivity contribution is 5.84. The molecule has 2 saturated carbocycles. The van der Waals surface area contributed by atoms with Gasteiger partial charge in [-0.1, -0.05) is 35.5 Å². The minimum absolute atomic E-state index is 0.156. The number of benzene rings is 1. The van der Waals surface area contributed by atoms with Gasteiger partial charge in [0, 0.05) is 18.3 Å². The van der Waals surface area contributed by atoms with Crippen molar-refractivity contribution in [2.45, 2.75) is 31.2 Å². The molecule has 0 radical (unpaired) electrons. The van der Waals surface area contributed by atoms with Crippen LogP contribution in [0.25, 0.3) is 0 Å². The van der Waals surface area contributed by atoms with E-state index < -0.39 is 0 Å². The smallest absolute Gasteiger partial charge is 0.252 e. The van der Waals surface area contributed by atoms with Gasteiger partial charge in [-0.15, -0.1) is 0 Å². The molecule has 1 aromatic heterocycles. The van der Waals surface area contributed by atoms with Gasteiger partial charge >= 0.3 is 0 Å². The standard InChI is InChI=1S/C17H17N3O2/c21-15-12-6-11-7-13(12)17(9-11,19-15)16-18-14(20-22-16)8-10-4-2-1-3-5-10/h1-5,11-13H,6-9H2,(H,19,21). The second-order valence-corrected chi connectivity index (χ2v) is 6.89. The maximum absolute atomic E-state index is 12.2. The number of carbonyl (C=O) groups is 1. The molecule has 3 aliphatic rings. The summed E-state index contributed by atoms with van der Waals surface area (Å²) in [5.74, 6) is 2.60. The zero-order chi connectivity index (χ0) is 14.7. The molecule has 4 atom stereocenters. The Hall–Kier alpha value is -2.17. The fourth-order valence-corrected chi connectivity index (χ4v) is 4.79. The first kappa shape index (κ1) is 12.4. The number of fused-ring (bicyclic) bond motifs is 1. The molecule has 1 amide bonds. The normalized spacial score (nSPS) is 35.1. The van der Waals surface area contributed by atoms with Gasteiger partial charge in [-0.3, -0.25) is 4.79 Å². The van der Waals surface area contributed by atoms with E-state index in [1.165, 1.54) is 0 Å². The summed E-state index contributed by atoms with van der Waals surface area (Å²) in [7, 11) is 0. The quantitative estimate of drug-likeness (QED) is 0.941. The van der Waals surface area contributed by atoms with Gasteiger partial charge in [-0.25, -0.2) is 0 Å². The van der Waals surface area contributed by atoms with Crippen molar-refractivity contribution in [1.82, 2.24) is 15.5 Å². The average molecular weight is 295 g/mol. The van der Waals surface area contributed by atoms with Crippen LogP contribution >= 0.6 is 0 Å². The summed E-state index contributed by atoms with van der Waals surface area (Å²) in [6, 6.07) is 10.1. The molecule has 22 heavy (non-hydrogen) atoms. The monoisotopic (exact) mass is 295 g/mol. The van der Waals surface area contributed by atoms with Crippen LogP contribution < -0.4 is 5.32 Å². The molecule has 5 heteroatoms. The molecule has 5 nitrogen and oxygen atoms in total. The molecule has 4 unspecified atom stereocenters. The van der Waals surface area contributed by atoms with Crippen LogP contribution in [0.1, 0.15) is 36.5 Å². The van der Waals surface area contributed by atoms with Crippen molar-refractivity contribution in [3.05, 3.63) is 47.6 Å². The number of carbonyl (C=O) groups excluding carboxylic acids is 1. The molecule has 1 N–H and O–H groups in total. The van der Waals surface area contributed by atoms with Crippen LogP contribution in [0.15, 0.2) is 34.9 Å². The zero-order valence-electron chi connectivity index (χ0n) is 12.2. The predicted octanol–water partition coefficient (Wildman–Crippen LogP) is 2.03. The summed E-state index contributed by atoms with van der Waals surface area (Å²) < 4.78 is 5.57. The van der Waals surface area contributed by atoms with Gasteiger partial charge < -0.3 is 9.84 Å². The van der Waals surface area contributed by atoms with Gasteiger partial charge in [0.2, 0.25) is 5.91 Å². The van der Waals surface area contributed by atoms with Crippen molar-refractivity contribution in [2.75, 3.05) is 0 Å². The minimum Gasteiger partial charge on any atom is -0.341 e. The van der Waals surface area contributed by atoms with E-state index in [0.29, 0.717) is 30.0 Å². The lowest BCUT2D eigenvalue weighted by molar-refractivity contribution is -0.122. The summed E-state index contributed by atoms with van der Waals surface area (Å²) >= 11 is 0. The van der Waals surface area contributed by atoms with E-state index >= 15 is 0 Å². The molecule has 2 aliphatic carbocycles. The Balaban J connectivity index is 1.46. The second-order valence-electron chi connectivity index (χ2n) is 6.89. The van der Waals surface area contributed by atoms with Gasteiger partial charge in [0.05, 0.1) is 0 Å². The number of amides is 1. The Morgan fingerprint density at radius 2 is 2.14 bits per heavy atom. The Morgan fingerprint density at radius 3 is 2.95 bits per heavy atom. The summed E-state index contributed by atoms with van der Waals surface area (Å²) in [4.78, 5) is 16.8. The van der Waals surface area contributed by atoms with E-state index in [1.54, 1.807) is 0 Å². The van der Waals surface area contributed by atoms with E-state index in [0.717, 1.165) is 24.8 Å². The van der Waals surface area contributed by atoms with Crippen molar-refractivity contribution < 1.29 is 9.32 Å². The van der Waals surface area contributed by atoms with Gasteiger partial charge in [0.25, 0.3) is 5.89 Å². The SMILES string of the molecule is O=C1NC2(c3nc(Cc4ccccc4)no3)CC3CC1C2C3. The maximum Gasteiger partial charge on any atom is 0.252 e. The molecule has 3 fully saturated rings. The van der Waals surface area contributed by atoms with Gasteiger partial charge in [0.15, 0.2) is 5.82 Å². The fourth-order valence-electron chi connectivity index (χ4n) is 4.79. The van der Waals surface area contributed by atoms with Gasteiger partial charge in [-0.2, -0.15) is 4.98 Å². The number of nitrogens with zero attached hydrogens (tertiary/aromatic N) is 2. The van der Waals surface area contributed by atoms with E-state index in [1.807, 2.05) is 18.2 Å². The highest BCUT2D eigenvalue weighted by Gasteiger charge is 2.66. The summed E-state index contributed by atoms with van der Waals surface area (Å²) in [5.41, 5.74) is 0.778. The Kier molecular flexibility index (Phi) is 2.35. The number of hydrogen-bond donors (Lipinski definition) is 1. The third-order valence-corrected chi connectivity index (χ3v) is 5.64. The Morgan fingerprint density at radius 1 is 1.27 bits per heavy atom. The van der Waals surface area contributed by atoms with Crippen LogP contribution in [0.4, 0.5) is 0 Å². The molecule has 2 aromatic rings. The van der Waals surface area contributed by atoms with E-state index in [-0.39, 0.29) is 17.4 Å². The van der Waals surface area contributed by atoms with Crippen LogP contribution in [0.2, 0.25) is 0 Å². The molecular weight excluding hydrogens is 278 g/mol. The molecule has 0 spiro atoms. The van der Waals surface area contributed by atoms with Crippen molar-refractivity contribution in [3.8, 4) is 0 Å². The van der Waals surface area contributed by atoms with Crippen LogP contribution in [0, 0.1) is 17.8 Å². The number of hydrogen-bond acceptors (Lipinski definition) is 4. The summed E-state index contributed by atoms with van der Waals surface area (Å²) in [6.07, 6.45) is 3.75. The molecule has 2 heterocycles. The summed E-state index contributed by atoms with van der Waals surface area (Å²) in [5, 5.41) is 7.32. The lowest BCUT2D eigenvalue weighted by Gasteiger charge is -2.28. The van der Waals surface area contributed by atoms with Gasteiger partial charge in [-0.05, 0) is 30.7 Å². The maximum atomic E-state index is 12.2. The van der Waals surface area contributed by atoms with Crippen molar-refractivity contribution in [3.63, 3.8) is 0 Å². The average Bonchev–Trinajstić information content (AvgIpc) is 3.23. The van der Waals surface area contributed by atoms with E-state index in [9.17, 15) is 4.79 Å². The minimum atomic E-state index is -0.382. The lowest BCUT2D eigenvalue weighted by atomic mass is 9.79. The Bertz CT molecular complexity index is 741. The second kappa shape index (κ2) is 4.18. The zero-order valence-corrected chi connectivity index (χ0v) is 12.2. The first-order chi connectivity index (χ1) is 10.7. The third-order valence-electron chi connectivity index (χ3n) is 5.64. The van der Waals surface area contributed by atoms with Crippen LogP contribution in [0.3, 0.4) is 0 Å². The highest BCUT2D eigenvalue weighted by Crippen LogP contribution is 2.61. The largest absolute Gasteiger partial charge is 0.341 e. The van der Waals surface area contributed by atoms with Crippen LogP contribution in [-0.2, 0) is 16.8 Å². The predicted molar refractivity (Wildman–Crippen MR) is 77.7 cm³/mol. The third kappa shape index (κ3) is 1.56. The highest BCUT2D eigenvalue weighted by atomic mass is 16.5. The number of rotatable bonds is 3. The molecular formula is C17H17N3O2. The van der Waals surface area contributed by atoms with Crippen LogP contribution in [0.5, 0.6) is 0 Å². The Labute approximate surface area is 128 Å². The lowest BCUT2D eigenvalue weighted by Crippen LogP contribution is -2.41. The van der Waals surface area contributed by atoms with Crippen LogP contribution in [-0.4, -0.2) is 16.0 Å². The summed E-state index contributed by atoms with van der Waals surface area (Å²) in [6.45, 7) is 0. The van der Waals surface area contributed by atoms with E-state index in [4.69, 9.17) is 4.52 Å².